The van der Waals surface area contributed by atoms with Gasteiger partial charge < -0.3 is 15.0 Å². The van der Waals surface area contributed by atoms with E-state index in [9.17, 15) is 4.79 Å². The van der Waals surface area contributed by atoms with Crippen LogP contribution in [-0.4, -0.2) is 41.2 Å². The van der Waals surface area contributed by atoms with Gasteiger partial charge in [0.1, 0.15) is 11.4 Å². The molecule has 1 aromatic heterocycles. The van der Waals surface area contributed by atoms with E-state index in [2.05, 4.69) is 26.2 Å². The molecule has 0 unspecified atom stereocenters. The van der Waals surface area contributed by atoms with Crippen LogP contribution in [0.5, 0.6) is 0 Å². The largest absolute Gasteiger partial charge is 0.444 e. The Morgan fingerprint density at radius 1 is 1.45 bits per heavy atom. The minimum atomic E-state index is -0.430. The van der Waals surface area contributed by atoms with Crippen molar-refractivity contribution in [1.29, 1.82) is 0 Å². The molecule has 1 aliphatic rings. The van der Waals surface area contributed by atoms with E-state index in [1.807, 2.05) is 32.9 Å². The van der Waals surface area contributed by atoms with E-state index in [0.29, 0.717) is 5.92 Å². The topological polar surface area (TPSA) is 54.5 Å². The van der Waals surface area contributed by atoms with Gasteiger partial charge in [0.15, 0.2) is 0 Å². The number of pyridine rings is 1. The molecule has 0 radical (unpaired) electrons. The minimum absolute atomic E-state index is 0.202. The molecule has 1 aliphatic heterocycles. The normalized spacial score (nSPS) is 16.5. The zero-order chi connectivity index (χ0) is 16.2. The first kappa shape index (κ1) is 17.1. The molecule has 1 fully saturated rings. The van der Waals surface area contributed by atoms with Gasteiger partial charge in [0.2, 0.25) is 0 Å². The lowest BCUT2D eigenvalue weighted by Gasteiger charge is -2.33. The predicted octanol–water partition coefficient (Wildman–Crippen LogP) is 3.90. The average Bonchev–Trinajstić information content (AvgIpc) is 2.45. The summed E-state index contributed by atoms with van der Waals surface area (Å²) in [5.74, 6) is 1.42. The van der Waals surface area contributed by atoms with E-state index in [0.717, 1.165) is 42.8 Å². The number of likely N-dealkylation sites (tertiary alicyclic amines) is 1. The molecule has 0 spiro atoms. The molecule has 1 N–H and O–H groups in total. The van der Waals surface area contributed by atoms with Crippen LogP contribution < -0.4 is 5.32 Å². The van der Waals surface area contributed by atoms with E-state index in [1.54, 1.807) is 11.1 Å². The number of nitrogens with one attached hydrogen (secondary N) is 1. The van der Waals surface area contributed by atoms with Crippen molar-refractivity contribution in [2.75, 3.05) is 25.0 Å². The minimum Gasteiger partial charge on any atom is -0.444 e. The van der Waals surface area contributed by atoms with Crippen LogP contribution in [-0.2, 0) is 4.74 Å². The Morgan fingerprint density at radius 2 is 2.14 bits per heavy atom. The van der Waals surface area contributed by atoms with Crippen molar-refractivity contribution in [2.24, 2.45) is 5.92 Å². The number of halogens is 1. The molecule has 1 aromatic rings. The maximum atomic E-state index is 12.0. The highest BCUT2D eigenvalue weighted by molar-refractivity contribution is 9.10. The van der Waals surface area contributed by atoms with E-state index >= 15 is 0 Å². The Morgan fingerprint density at radius 3 is 2.73 bits per heavy atom. The lowest BCUT2D eigenvalue weighted by atomic mass is 9.97. The third-order valence-electron chi connectivity index (χ3n) is 3.58. The number of anilines is 1. The number of piperidine rings is 1. The lowest BCUT2D eigenvalue weighted by molar-refractivity contribution is 0.0188. The Hall–Kier alpha value is -1.30. The summed E-state index contributed by atoms with van der Waals surface area (Å²) in [7, 11) is 0. The Bertz CT molecular complexity index is 508. The molecule has 2 rings (SSSR count). The van der Waals surface area contributed by atoms with Crippen molar-refractivity contribution in [1.82, 2.24) is 9.88 Å². The molecule has 0 aliphatic carbocycles. The fourth-order valence-corrected chi connectivity index (χ4v) is 2.80. The molecule has 0 saturated carbocycles. The van der Waals surface area contributed by atoms with Gasteiger partial charge in [-0.05, 0) is 67.6 Å². The van der Waals surface area contributed by atoms with E-state index < -0.39 is 5.60 Å². The highest BCUT2D eigenvalue weighted by atomic mass is 79.9. The predicted molar refractivity (Wildman–Crippen MR) is 91.0 cm³/mol. The molecule has 5 nitrogen and oxygen atoms in total. The molecular weight excluding hydrogens is 346 g/mol. The van der Waals surface area contributed by atoms with Crippen LogP contribution in [0.1, 0.15) is 33.6 Å². The molecule has 22 heavy (non-hydrogen) atoms. The Labute approximate surface area is 140 Å². The van der Waals surface area contributed by atoms with E-state index in [1.165, 1.54) is 0 Å². The summed E-state index contributed by atoms with van der Waals surface area (Å²) in [6.45, 7) is 8.07. The summed E-state index contributed by atoms with van der Waals surface area (Å²) < 4.78 is 6.39. The van der Waals surface area contributed by atoms with Crippen LogP contribution >= 0.6 is 15.9 Å². The summed E-state index contributed by atoms with van der Waals surface area (Å²) in [5.41, 5.74) is -0.430. The number of amides is 1. The van der Waals surface area contributed by atoms with Crippen LogP contribution in [0, 0.1) is 5.92 Å². The van der Waals surface area contributed by atoms with E-state index in [-0.39, 0.29) is 6.09 Å². The van der Waals surface area contributed by atoms with Crippen LogP contribution in [0.15, 0.2) is 22.8 Å². The van der Waals surface area contributed by atoms with Gasteiger partial charge in [-0.1, -0.05) is 0 Å². The van der Waals surface area contributed by atoms with Gasteiger partial charge >= 0.3 is 6.09 Å². The summed E-state index contributed by atoms with van der Waals surface area (Å²) >= 11 is 3.48. The number of carbonyl (C=O) groups is 1. The van der Waals surface area contributed by atoms with Crippen molar-refractivity contribution in [3.05, 3.63) is 22.8 Å². The smallest absolute Gasteiger partial charge is 0.410 e. The van der Waals surface area contributed by atoms with Crippen molar-refractivity contribution in [3.63, 3.8) is 0 Å². The van der Waals surface area contributed by atoms with Gasteiger partial charge in [0.25, 0.3) is 0 Å². The number of nitrogens with zero attached hydrogens (tertiary/aromatic N) is 2. The fourth-order valence-electron chi connectivity index (χ4n) is 2.40. The summed E-state index contributed by atoms with van der Waals surface area (Å²) in [6.07, 6.45) is 3.54. The Kier molecular flexibility index (Phi) is 5.67. The number of carbonyl (C=O) groups excluding carboxylic acids is 1. The molecule has 0 atom stereocenters. The molecule has 6 heteroatoms. The number of ether oxygens (including phenoxy) is 1. The second-order valence-electron chi connectivity index (χ2n) is 6.63. The second kappa shape index (κ2) is 7.31. The van der Waals surface area contributed by atoms with Gasteiger partial charge in [-0.2, -0.15) is 0 Å². The van der Waals surface area contributed by atoms with Gasteiger partial charge in [-0.3, -0.25) is 0 Å². The molecule has 122 valence electrons. The number of rotatable bonds is 3. The molecule has 0 aromatic carbocycles. The van der Waals surface area contributed by atoms with Crippen molar-refractivity contribution >= 4 is 27.8 Å². The quantitative estimate of drug-likeness (QED) is 0.877. The zero-order valence-electron chi connectivity index (χ0n) is 13.4. The molecular formula is C16H24BrN3O2. The van der Waals surface area contributed by atoms with Gasteiger partial charge in [-0.15, -0.1) is 0 Å². The fraction of sp³-hybridized carbons (Fsp3) is 0.625. The van der Waals surface area contributed by atoms with Crippen LogP contribution in [0.25, 0.3) is 0 Å². The molecule has 1 saturated heterocycles. The van der Waals surface area contributed by atoms with Crippen LogP contribution in [0.2, 0.25) is 0 Å². The van der Waals surface area contributed by atoms with Gasteiger partial charge in [-0.25, -0.2) is 9.78 Å². The standard InChI is InChI=1S/C16H24BrN3O2/c1-16(2,3)22-15(21)20-9-6-12(7-10-20)11-19-14-13(17)5-4-8-18-14/h4-5,8,12H,6-7,9-11H2,1-3H3,(H,18,19). The average molecular weight is 370 g/mol. The highest BCUT2D eigenvalue weighted by Gasteiger charge is 2.26. The van der Waals surface area contributed by atoms with Crippen LogP contribution in [0.4, 0.5) is 10.6 Å². The van der Waals surface area contributed by atoms with Gasteiger partial charge in [0.05, 0.1) is 4.47 Å². The third-order valence-corrected chi connectivity index (χ3v) is 4.22. The maximum absolute atomic E-state index is 12.0. The molecule has 0 bridgehead atoms. The SMILES string of the molecule is CC(C)(C)OC(=O)N1CCC(CNc2ncccc2Br)CC1. The first-order chi connectivity index (χ1) is 10.3. The zero-order valence-corrected chi connectivity index (χ0v) is 15.0. The first-order valence-corrected chi connectivity index (χ1v) is 8.47. The van der Waals surface area contributed by atoms with Gasteiger partial charge in [0, 0.05) is 25.8 Å². The summed E-state index contributed by atoms with van der Waals surface area (Å²) in [6, 6.07) is 3.87. The monoisotopic (exact) mass is 369 g/mol. The molecule has 1 amide bonds. The van der Waals surface area contributed by atoms with Crippen LogP contribution in [0.3, 0.4) is 0 Å². The lowest BCUT2D eigenvalue weighted by Crippen LogP contribution is -2.42. The number of hydrogen-bond donors (Lipinski definition) is 1. The molecule has 2 heterocycles. The maximum Gasteiger partial charge on any atom is 0.410 e. The highest BCUT2D eigenvalue weighted by Crippen LogP contribution is 2.22. The third kappa shape index (κ3) is 5.16. The van der Waals surface area contributed by atoms with Crippen molar-refractivity contribution in [3.8, 4) is 0 Å². The van der Waals surface area contributed by atoms with E-state index in [4.69, 9.17) is 4.74 Å². The Balaban J connectivity index is 1.76. The van der Waals surface area contributed by atoms with Crippen molar-refractivity contribution in [2.45, 2.75) is 39.2 Å². The summed E-state index contributed by atoms with van der Waals surface area (Å²) in [5, 5.41) is 3.37. The van der Waals surface area contributed by atoms with Crippen molar-refractivity contribution < 1.29 is 9.53 Å². The number of aromatic nitrogens is 1. The first-order valence-electron chi connectivity index (χ1n) is 7.67. The summed E-state index contributed by atoms with van der Waals surface area (Å²) in [4.78, 5) is 18.1. The number of hydrogen-bond acceptors (Lipinski definition) is 4. The second-order valence-corrected chi connectivity index (χ2v) is 7.48.